The summed E-state index contributed by atoms with van der Waals surface area (Å²) in [7, 11) is 0. The summed E-state index contributed by atoms with van der Waals surface area (Å²) in [6.07, 6.45) is 2.51. The summed E-state index contributed by atoms with van der Waals surface area (Å²) in [5.41, 5.74) is 2.75. The van der Waals surface area contributed by atoms with Gasteiger partial charge in [-0.15, -0.1) is 0 Å². The molecule has 12 heteroatoms. The van der Waals surface area contributed by atoms with Crippen molar-refractivity contribution in [1.29, 1.82) is 0 Å². The molecule has 4 aliphatic rings. The monoisotopic (exact) mass is 683 g/mol. The predicted octanol–water partition coefficient (Wildman–Crippen LogP) is 4.08. The quantitative estimate of drug-likeness (QED) is 0.472. The summed E-state index contributed by atoms with van der Waals surface area (Å²) in [5.74, 6) is -0.0858. The predicted molar refractivity (Wildman–Crippen MR) is 172 cm³/mol. The van der Waals surface area contributed by atoms with Gasteiger partial charge < -0.3 is 34.6 Å². The third kappa shape index (κ3) is 7.56. The molecule has 4 heterocycles. The van der Waals surface area contributed by atoms with Crippen molar-refractivity contribution in [3.8, 4) is 5.75 Å². The standard InChI is InChI=1S/C33H42BrN5O6/c34-27-21-23(5-6-29(27)40)22-30(31(41)37-12-8-25(9-13-37)36-17-19-44-20-18-36)45-33(43)38-14-10-26(11-15-38)39-16-7-24-3-1-2-4-28(24)35-32(39)42/h1-6,21,25-26,30,40H,7-20,22H2,(H,35,42). The number of amides is 4. The molecule has 1 atom stereocenters. The molecule has 4 aliphatic heterocycles. The number of likely N-dealkylation sites (tertiary alicyclic amines) is 2. The molecule has 0 aromatic heterocycles. The lowest BCUT2D eigenvalue weighted by Crippen LogP contribution is -2.53. The van der Waals surface area contributed by atoms with Crippen LogP contribution in [0.3, 0.4) is 0 Å². The number of nitrogens with one attached hydrogen (secondary N) is 1. The van der Waals surface area contributed by atoms with Gasteiger partial charge in [0, 0.05) is 70.0 Å². The van der Waals surface area contributed by atoms with Crippen LogP contribution in [0.2, 0.25) is 0 Å². The van der Waals surface area contributed by atoms with Crippen molar-refractivity contribution in [3.05, 3.63) is 58.1 Å². The molecule has 1 unspecified atom stereocenters. The number of anilines is 1. The number of hydrogen-bond acceptors (Lipinski definition) is 7. The number of ether oxygens (including phenoxy) is 2. The number of rotatable bonds is 6. The van der Waals surface area contributed by atoms with Gasteiger partial charge in [-0.3, -0.25) is 9.69 Å². The Morgan fingerprint density at radius 2 is 1.62 bits per heavy atom. The van der Waals surface area contributed by atoms with E-state index in [1.165, 1.54) is 0 Å². The van der Waals surface area contributed by atoms with Crippen LogP contribution in [0.4, 0.5) is 15.3 Å². The fourth-order valence-corrected chi connectivity index (χ4v) is 7.39. The lowest BCUT2D eigenvalue weighted by atomic mass is 10.0. The van der Waals surface area contributed by atoms with Crippen LogP contribution < -0.4 is 5.32 Å². The van der Waals surface area contributed by atoms with Gasteiger partial charge in [-0.05, 0) is 77.4 Å². The minimum absolute atomic E-state index is 0.0166. The molecule has 2 aromatic carbocycles. The first-order valence-corrected chi connectivity index (χ1v) is 16.8. The number of fused-ring (bicyclic) bond motifs is 1. The van der Waals surface area contributed by atoms with Crippen molar-refractivity contribution in [2.75, 3.05) is 64.3 Å². The zero-order chi connectivity index (χ0) is 31.3. The number of halogens is 1. The van der Waals surface area contributed by atoms with E-state index in [1.54, 1.807) is 23.1 Å². The van der Waals surface area contributed by atoms with Crippen LogP contribution in [-0.4, -0.2) is 120 Å². The highest BCUT2D eigenvalue weighted by atomic mass is 79.9. The fourth-order valence-electron chi connectivity index (χ4n) is 6.96. The molecule has 242 valence electrons. The topological polar surface area (TPSA) is 115 Å². The Morgan fingerprint density at radius 3 is 2.36 bits per heavy atom. The van der Waals surface area contributed by atoms with Gasteiger partial charge in [0.2, 0.25) is 0 Å². The number of nitrogens with zero attached hydrogens (tertiary/aromatic N) is 4. The third-order valence-corrected chi connectivity index (χ3v) is 10.2. The van der Waals surface area contributed by atoms with Gasteiger partial charge >= 0.3 is 12.1 Å². The Bertz CT molecular complexity index is 1370. The van der Waals surface area contributed by atoms with Crippen LogP contribution in [0.5, 0.6) is 5.75 Å². The first kappa shape index (κ1) is 31.6. The minimum atomic E-state index is -0.985. The molecule has 0 saturated carbocycles. The van der Waals surface area contributed by atoms with E-state index < -0.39 is 12.2 Å². The SMILES string of the molecule is O=C(OC(Cc1ccc(O)c(Br)c1)C(=O)N1CCC(N2CCOCC2)CC1)N1CCC(N2CCc3ccccc3NC2=O)CC1. The van der Waals surface area contributed by atoms with Crippen molar-refractivity contribution in [1.82, 2.24) is 19.6 Å². The number of carbonyl (C=O) groups excluding carboxylic acids is 3. The highest BCUT2D eigenvalue weighted by molar-refractivity contribution is 9.10. The molecule has 2 aromatic rings. The first-order valence-electron chi connectivity index (χ1n) is 16.0. The zero-order valence-corrected chi connectivity index (χ0v) is 27.1. The highest BCUT2D eigenvalue weighted by Gasteiger charge is 2.36. The molecule has 2 N–H and O–H groups in total. The normalized spacial score (nSPS) is 21.1. The first-order chi connectivity index (χ1) is 21.9. The minimum Gasteiger partial charge on any atom is -0.507 e. The number of urea groups is 1. The summed E-state index contributed by atoms with van der Waals surface area (Å²) >= 11 is 3.36. The van der Waals surface area contributed by atoms with Gasteiger partial charge in [0.05, 0.1) is 17.7 Å². The summed E-state index contributed by atoms with van der Waals surface area (Å²) in [6, 6.07) is 13.3. The van der Waals surface area contributed by atoms with Crippen molar-refractivity contribution in [2.24, 2.45) is 0 Å². The second kappa shape index (κ2) is 14.4. The van der Waals surface area contributed by atoms with Gasteiger partial charge in [-0.2, -0.15) is 0 Å². The Hall–Kier alpha value is -3.35. The number of phenols is 1. The molecule has 11 nitrogen and oxygen atoms in total. The molecule has 45 heavy (non-hydrogen) atoms. The van der Waals surface area contributed by atoms with E-state index in [-0.39, 0.29) is 30.2 Å². The Kier molecular flexibility index (Phi) is 10.1. The Balaban J connectivity index is 1.07. The molecule has 0 radical (unpaired) electrons. The summed E-state index contributed by atoms with van der Waals surface area (Å²) in [5, 5.41) is 13.0. The molecular formula is C33H42BrN5O6. The molecule has 0 spiro atoms. The lowest BCUT2D eigenvalue weighted by molar-refractivity contribution is -0.142. The second-order valence-corrected chi connectivity index (χ2v) is 13.2. The smallest absolute Gasteiger partial charge is 0.410 e. The number of piperidine rings is 2. The van der Waals surface area contributed by atoms with E-state index in [0.29, 0.717) is 56.1 Å². The number of carbonyl (C=O) groups is 3. The van der Waals surface area contributed by atoms with Gasteiger partial charge in [-0.25, -0.2) is 9.59 Å². The maximum Gasteiger partial charge on any atom is 0.410 e. The maximum absolute atomic E-state index is 13.9. The van der Waals surface area contributed by atoms with E-state index in [0.717, 1.165) is 62.4 Å². The van der Waals surface area contributed by atoms with Gasteiger partial charge in [-0.1, -0.05) is 24.3 Å². The van der Waals surface area contributed by atoms with Crippen LogP contribution >= 0.6 is 15.9 Å². The lowest BCUT2D eigenvalue weighted by Gasteiger charge is -2.41. The molecule has 6 rings (SSSR count). The molecular weight excluding hydrogens is 642 g/mol. The number of benzene rings is 2. The van der Waals surface area contributed by atoms with E-state index in [1.807, 2.05) is 34.1 Å². The molecule has 4 amide bonds. The van der Waals surface area contributed by atoms with Crippen LogP contribution in [0.25, 0.3) is 0 Å². The number of hydrogen-bond donors (Lipinski definition) is 2. The van der Waals surface area contributed by atoms with E-state index in [4.69, 9.17) is 9.47 Å². The van der Waals surface area contributed by atoms with Crippen LogP contribution in [-0.2, 0) is 27.1 Å². The molecule has 3 saturated heterocycles. The number of aromatic hydroxyl groups is 1. The molecule has 3 fully saturated rings. The summed E-state index contributed by atoms with van der Waals surface area (Å²) in [4.78, 5) is 48.2. The number of phenolic OH excluding ortho intramolecular Hbond substituents is 1. The molecule has 0 bridgehead atoms. The Morgan fingerprint density at radius 1 is 0.933 bits per heavy atom. The van der Waals surface area contributed by atoms with Crippen LogP contribution in [0, 0.1) is 0 Å². The average molecular weight is 685 g/mol. The molecule has 0 aliphatic carbocycles. The largest absolute Gasteiger partial charge is 0.507 e. The second-order valence-electron chi connectivity index (χ2n) is 12.3. The van der Waals surface area contributed by atoms with E-state index >= 15 is 0 Å². The van der Waals surface area contributed by atoms with Gasteiger partial charge in [0.15, 0.2) is 6.10 Å². The third-order valence-electron chi connectivity index (χ3n) is 9.60. The van der Waals surface area contributed by atoms with E-state index in [9.17, 15) is 19.5 Å². The van der Waals surface area contributed by atoms with Crippen LogP contribution in [0.1, 0.15) is 36.8 Å². The fraction of sp³-hybridized carbons (Fsp3) is 0.545. The average Bonchev–Trinajstić information content (AvgIpc) is 3.24. The maximum atomic E-state index is 13.9. The van der Waals surface area contributed by atoms with Gasteiger partial charge in [0.25, 0.3) is 5.91 Å². The Labute approximate surface area is 272 Å². The van der Waals surface area contributed by atoms with Crippen molar-refractivity contribution >= 4 is 39.6 Å². The number of morpholine rings is 1. The van der Waals surface area contributed by atoms with Crippen molar-refractivity contribution in [3.63, 3.8) is 0 Å². The highest BCUT2D eigenvalue weighted by Crippen LogP contribution is 2.28. The summed E-state index contributed by atoms with van der Waals surface area (Å²) < 4.78 is 12.0. The summed E-state index contributed by atoms with van der Waals surface area (Å²) in [6.45, 7) is 6.06. The van der Waals surface area contributed by atoms with Crippen LogP contribution in [0.15, 0.2) is 46.9 Å². The number of para-hydroxylation sites is 1. The van der Waals surface area contributed by atoms with Crippen molar-refractivity contribution in [2.45, 2.75) is 56.7 Å². The van der Waals surface area contributed by atoms with Gasteiger partial charge in [0.1, 0.15) is 5.75 Å². The van der Waals surface area contributed by atoms with Crippen molar-refractivity contribution < 1.29 is 29.0 Å². The van der Waals surface area contributed by atoms with E-state index in [2.05, 4.69) is 26.1 Å². The zero-order valence-electron chi connectivity index (χ0n) is 25.5.